The van der Waals surface area contributed by atoms with Crippen LogP contribution in [0.5, 0.6) is 5.75 Å². The second-order valence-electron chi connectivity index (χ2n) is 9.83. The van der Waals surface area contributed by atoms with Gasteiger partial charge in [0.2, 0.25) is 0 Å². The van der Waals surface area contributed by atoms with Crippen LogP contribution in [0.1, 0.15) is 51.4 Å². The number of halogens is 1. The van der Waals surface area contributed by atoms with Crippen molar-refractivity contribution >= 4 is 11.6 Å². The number of hydrogen-bond donors (Lipinski definition) is 1. The minimum absolute atomic E-state index is 0.0645. The highest BCUT2D eigenvalue weighted by atomic mass is 35.5. The van der Waals surface area contributed by atoms with Crippen LogP contribution in [0.2, 0.25) is 5.02 Å². The molecule has 3 aliphatic heterocycles. The van der Waals surface area contributed by atoms with E-state index in [2.05, 4.69) is 0 Å². The highest BCUT2D eigenvalue weighted by Gasteiger charge is 2.51. The highest BCUT2D eigenvalue weighted by molar-refractivity contribution is 6.32. The van der Waals surface area contributed by atoms with Crippen LogP contribution in [0.3, 0.4) is 0 Å². The standard InChI is InChI=1S/C26H37ClO8/c27-19-7-1-2-8-20(19)31-15-17(33-24-9-3-5-11-29-24)16-32-26-18-13-23(28)34-21(18)14-22(26)35-25-10-4-6-12-30-25/h1-2,7-8,17-18,21-26,28H,3-6,9-16H2/t17?,18-,21-,22+,23?,24?,25?,26+/m1/s1. The van der Waals surface area contributed by atoms with Gasteiger partial charge in [0.05, 0.1) is 29.9 Å². The number of para-hydroxylation sites is 1. The topological polar surface area (TPSA) is 84.8 Å². The molecule has 0 amide bonds. The third-order valence-corrected chi connectivity index (χ3v) is 7.53. The molecule has 1 aromatic carbocycles. The molecular weight excluding hydrogens is 476 g/mol. The summed E-state index contributed by atoms with van der Waals surface area (Å²) in [6, 6.07) is 7.39. The average molecular weight is 513 g/mol. The Morgan fingerprint density at radius 2 is 1.74 bits per heavy atom. The molecule has 196 valence electrons. The summed E-state index contributed by atoms with van der Waals surface area (Å²) in [5, 5.41) is 10.6. The first-order chi connectivity index (χ1) is 17.2. The molecule has 1 aromatic rings. The first-order valence-corrected chi connectivity index (χ1v) is 13.4. The van der Waals surface area contributed by atoms with E-state index in [-0.39, 0.29) is 49.5 Å². The third-order valence-electron chi connectivity index (χ3n) is 7.22. The van der Waals surface area contributed by atoms with Crippen LogP contribution in [-0.2, 0) is 28.4 Å². The van der Waals surface area contributed by atoms with E-state index in [9.17, 15) is 5.11 Å². The number of rotatable bonds is 10. The van der Waals surface area contributed by atoms with Crippen LogP contribution in [0.15, 0.2) is 24.3 Å². The SMILES string of the molecule is OC1C[C@H]2[C@H](OCC(COc3ccccc3Cl)OC3CCCCO3)[C@@H](OC3CCCCO3)C[C@H]2O1. The van der Waals surface area contributed by atoms with Gasteiger partial charge in [0.15, 0.2) is 18.9 Å². The molecule has 3 heterocycles. The maximum absolute atomic E-state index is 10.1. The predicted octanol–water partition coefficient (Wildman–Crippen LogP) is 4.05. The summed E-state index contributed by atoms with van der Waals surface area (Å²) in [7, 11) is 0. The summed E-state index contributed by atoms with van der Waals surface area (Å²) < 4.78 is 42.5. The normalized spacial score (nSPS) is 36.1. The van der Waals surface area contributed by atoms with Gasteiger partial charge in [-0.1, -0.05) is 23.7 Å². The number of hydrogen-bond acceptors (Lipinski definition) is 8. The fourth-order valence-electron chi connectivity index (χ4n) is 5.46. The molecule has 1 aliphatic carbocycles. The molecule has 0 spiro atoms. The lowest BCUT2D eigenvalue weighted by atomic mass is 10.0. The average Bonchev–Trinajstić information content (AvgIpc) is 3.38. The smallest absolute Gasteiger partial charge is 0.158 e. The van der Waals surface area contributed by atoms with Crippen LogP contribution < -0.4 is 4.74 Å². The highest BCUT2D eigenvalue weighted by Crippen LogP contribution is 2.42. The Labute approximate surface area is 212 Å². The minimum atomic E-state index is -0.755. The van der Waals surface area contributed by atoms with E-state index < -0.39 is 6.29 Å². The van der Waals surface area contributed by atoms with Crippen molar-refractivity contribution in [1.29, 1.82) is 0 Å². The van der Waals surface area contributed by atoms with Gasteiger partial charge in [-0.25, -0.2) is 0 Å². The Morgan fingerprint density at radius 3 is 2.49 bits per heavy atom. The lowest BCUT2D eigenvalue weighted by molar-refractivity contribution is -0.227. The van der Waals surface area contributed by atoms with E-state index in [0.717, 1.165) is 45.1 Å². The van der Waals surface area contributed by atoms with Crippen molar-refractivity contribution in [3.8, 4) is 5.75 Å². The van der Waals surface area contributed by atoms with E-state index in [4.69, 9.17) is 44.8 Å². The number of aliphatic hydroxyl groups excluding tert-OH is 1. The maximum atomic E-state index is 10.1. The van der Waals surface area contributed by atoms with Gasteiger partial charge >= 0.3 is 0 Å². The van der Waals surface area contributed by atoms with E-state index in [0.29, 0.717) is 36.8 Å². The lowest BCUT2D eigenvalue weighted by Gasteiger charge is -2.32. The molecule has 1 saturated carbocycles. The summed E-state index contributed by atoms with van der Waals surface area (Å²) in [5.74, 6) is 0.672. The van der Waals surface area contributed by atoms with Gasteiger partial charge in [0, 0.05) is 32.0 Å². The van der Waals surface area contributed by atoms with Crippen LogP contribution in [-0.4, -0.2) is 74.8 Å². The Balaban J connectivity index is 1.23. The summed E-state index contributed by atoms with van der Waals surface area (Å²) in [4.78, 5) is 0. The minimum Gasteiger partial charge on any atom is -0.489 e. The molecular formula is C26H37ClO8. The van der Waals surface area contributed by atoms with Crippen LogP contribution in [0.4, 0.5) is 0 Å². The van der Waals surface area contributed by atoms with Crippen molar-refractivity contribution in [3.05, 3.63) is 29.3 Å². The second-order valence-corrected chi connectivity index (χ2v) is 10.2. The zero-order valence-corrected chi connectivity index (χ0v) is 20.9. The van der Waals surface area contributed by atoms with Crippen molar-refractivity contribution in [2.75, 3.05) is 26.4 Å². The quantitative estimate of drug-likeness (QED) is 0.502. The van der Waals surface area contributed by atoms with Crippen molar-refractivity contribution in [3.63, 3.8) is 0 Å². The molecule has 35 heavy (non-hydrogen) atoms. The van der Waals surface area contributed by atoms with Crippen LogP contribution >= 0.6 is 11.6 Å². The molecule has 5 rings (SSSR count). The zero-order valence-electron chi connectivity index (χ0n) is 20.1. The molecule has 8 atom stereocenters. The van der Waals surface area contributed by atoms with Gasteiger partial charge in [0.25, 0.3) is 0 Å². The molecule has 0 aromatic heterocycles. The van der Waals surface area contributed by atoms with Crippen molar-refractivity contribution in [1.82, 2.24) is 0 Å². The zero-order chi connectivity index (χ0) is 24.0. The van der Waals surface area contributed by atoms with Gasteiger partial charge in [0.1, 0.15) is 18.5 Å². The predicted molar refractivity (Wildman–Crippen MR) is 127 cm³/mol. The summed E-state index contributed by atoms with van der Waals surface area (Å²) in [5.41, 5.74) is 0. The van der Waals surface area contributed by atoms with E-state index in [1.807, 2.05) is 18.2 Å². The molecule has 4 fully saturated rings. The fourth-order valence-corrected chi connectivity index (χ4v) is 5.65. The van der Waals surface area contributed by atoms with Gasteiger partial charge in [-0.15, -0.1) is 0 Å². The fraction of sp³-hybridized carbons (Fsp3) is 0.769. The molecule has 9 heteroatoms. The molecule has 4 unspecified atom stereocenters. The third kappa shape index (κ3) is 6.87. The van der Waals surface area contributed by atoms with Crippen LogP contribution in [0.25, 0.3) is 0 Å². The summed E-state index contributed by atoms with van der Waals surface area (Å²) in [6.45, 7) is 2.00. The maximum Gasteiger partial charge on any atom is 0.158 e. The van der Waals surface area contributed by atoms with Gasteiger partial charge < -0.3 is 38.3 Å². The monoisotopic (exact) mass is 512 g/mol. The van der Waals surface area contributed by atoms with Crippen molar-refractivity contribution in [2.45, 2.75) is 94.7 Å². The first-order valence-electron chi connectivity index (χ1n) is 13.0. The summed E-state index contributed by atoms with van der Waals surface area (Å²) >= 11 is 6.28. The Kier molecular flexibility index (Phi) is 9.18. The van der Waals surface area contributed by atoms with Gasteiger partial charge in [-0.05, 0) is 50.7 Å². The number of ether oxygens (including phenoxy) is 7. The van der Waals surface area contributed by atoms with Gasteiger partial charge in [-0.2, -0.15) is 0 Å². The van der Waals surface area contributed by atoms with E-state index >= 15 is 0 Å². The van der Waals surface area contributed by atoms with Crippen molar-refractivity contribution < 1.29 is 38.3 Å². The molecule has 0 bridgehead atoms. The molecule has 3 saturated heterocycles. The van der Waals surface area contributed by atoms with Crippen molar-refractivity contribution in [2.24, 2.45) is 5.92 Å². The second kappa shape index (κ2) is 12.5. The molecule has 0 radical (unpaired) electrons. The molecule has 1 N–H and O–H groups in total. The molecule has 4 aliphatic rings. The largest absolute Gasteiger partial charge is 0.489 e. The van der Waals surface area contributed by atoms with Gasteiger partial charge in [-0.3, -0.25) is 0 Å². The number of aliphatic hydroxyl groups is 1. The summed E-state index contributed by atoms with van der Waals surface area (Å²) in [6.07, 6.45) is 5.19. The van der Waals surface area contributed by atoms with E-state index in [1.165, 1.54) is 0 Å². The number of benzene rings is 1. The molecule has 8 nitrogen and oxygen atoms in total. The van der Waals surface area contributed by atoms with Crippen LogP contribution in [0, 0.1) is 5.92 Å². The lowest BCUT2D eigenvalue weighted by Crippen LogP contribution is -2.40. The Morgan fingerprint density at radius 1 is 0.971 bits per heavy atom. The number of fused-ring (bicyclic) bond motifs is 1. The van der Waals surface area contributed by atoms with E-state index in [1.54, 1.807) is 6.07 Å². The Bertz CT molecular complexity index is 784. The Hall–Kier alpha value is -0.970. The first kappa shape index (κ1) is 25.7.